The third-order valence-electron chi connectivity index (χ3n) is 3.97. The van der Waals surface area contributed by atoms with Crippen molar-refractivity contribution in [3.63, 3.8) is 0 Å². The van der Waals surface area contributed by atoms with Crippen molar-refractivity contribution in [2.75, 3.05) is 19.7 Å². The standard InChI is InChI=1S/C17H21N3O3/c1-2-22-17(21)14-9-6-10-20(11-14)12-15-18-19-16(23-15)13-7-4-3-5-8-13/h3-5,7-8,14H,2,6,9-12H2,1H3/t14-/m0/s1. The van der Waals surface area contributed by atoms with E-state index in [0.29, 0.717) is 31.5 Å². The Morgan fingerprint density at radius 2 is 2.17 bits per heavy atom. The van der Waals surface area contributed by atoms with E-state index in [1.807, 2.05) is 37.3 Å². The van der Waals surface area contributed by atoms with Crippen LogP contribution in [0.2, 0.25) is 0 Å². The van der Waals surface area contributed by atoms with Crippen molar-refractivity contribution in [2.45, 2.75) is 26.3 Å². The van der Waals surface area contributed by atoms with Crippen molar-refractivity contribution in [1.29, 1.82) is 0 Å². The van der Waals surface area contributed by atoms with Crippen molar-refractivity contribution in [2.24, 2.45) is 5.92 Å². The summed E-state index contributed by atoms with van der Waals surface area (Å²) in [5, 5.41) is 8.22. The Labute approximate surface area is 135 Å². The zero-order valence-electron chi connectivity index (χ0n) is 13.3. The highest BCUT2D eigenvalue weighted by Crippen LogP contribution is 2.21. The molecule has 0 unspecified atom stereocenters. The lowest BCUT2D eigenvalue weighted by molar-refractivity contribution is -0.150. The molecular weight excluding hydrogens is 294 g/mol. The summed E-state index contributed by atoms with van der Waals surface area (Å²) in [6.45, 7) is 4.44. The molecule has 6 nitrogen and oxygen atoms in total. The smallest absolute Gasteiger partial charge is 0.310 e. The minimum atomic E-state index is -0.104. The van der Waals surface area contributed by atoms with Gasteiger partial charge in [-0.05, 0) is 38.4 Å². The maximum absolute atomic E-state index is 11.9. The van der Waals surface area contributed by atoms with Gasteiger partial charge in [0, 0.05) is 12.1 Å². The first-order valence-corrected chi connectivity index (χ1v) is 8.03. The molecule has 0 spiro atoms. The average Bonchev–Trinajstić information content (AvgIpc) is 3.05. The Morgan fingerprint density at radius 1 is 1.35 bits per heavy atom. The largest absolute Gasteiger partial charge is 0.466 e. The lowest BCUT2D eigenvalue weighted by Gasteiger charge is -2.30. The van der Waals surface area contributed by atoms with Gasteiger partial charge in [0.05, 0.1) is 19.1 Å². The summed E-state index contributed by atoms with van der Waals surface area (Å²) in [5.74, 6) is 0.945. The highest BCUT2D eigenvalue weighted by molar-refractivity contribution is 5.72. The third kappa shape index (κ3) is 3.96. The number of esters is 1. The molecule has 1 aliphatic heterocycles. The van der Waals surface area contributed by atoms with Gasteiger partial charge in [-0.25, -0.2) is 0 Å². The van der Waals surface area contributed by atoms with Crippen LogP contribution >= 0.6 is 0 Å². The van der Waals surface area contributed by atoms with Crippen LogP contribution in [0.1, 0.15) is 25.7 Å². The maximum Gasteiger partial charge on any atom is 0.310 e. The summed E-state index contributed by atoms with van der Waals surface area (Å²) in [5.41, 5.74) is 0.911. The van der Waals surface area contributed by atoms with Gasteiger partial charge in [-0.1, -0.05) is 18.2 Å². The molecule has 1 aromatic heterocycles. The van der Waals surface area contributed by atoms with Gasteiger partial charge >= 0.3 is 5.97 Å². The Morgan fingerprint density at radius 3 is 2.96 bits per heavy atom. The van der Waals surface area contributed by atoms with E-state index in [1.54, 1.807) is 0 Å². The number of likely N-dealkylation sites (tertiary alicyclic amines) is 1. The van der Waals surface area contributed by atoms with Crippen LogP contribution in [0.4, 0.5) is 0 Å². The molecule has 1 fully saturated rings. The monoisotopic (exact) mass is 315 g/mol. The number of hydrogen-bond acceptors (Lipinski definition) is 6. The van der Waals surface area contributed by atoms with Gasteiger partial charge < -0.3 is 9.15 Å². The normalized spacial score (nSPS) is 18.7. The van der Waals surface area contributed by atoms with Gasteiger partial charge in [0.1, 0.15) is 0 Å². The molecule has 0 radical (unpaired) electrons. The zero-order valence-corrected chi connectivity index (χ0v) is 13.3. The summed E-state index contributed by atoms with van der Waals surface area (Å²) in [4.78, 5) is 14.1. The van der Waals surface area contributed by atoms with Gasteiger partial charge in [-0.3, -0.25) is 9.69 Å². The summed E-state index contributed by atoms with van der Waals surface area (Å²) in [6, 6.07) is 9.70. The van der Waals surface area contributed by atoms with Crippen LogP contribution in [0.3, 0.4) is 0 Å². The molecule has 0 N–H and O–H groups in total. The number of rotatable bonds is 5. The van der Waals surface area contributed by atoms with Gasteiger partial charge in [0.2, 0.25) is 11.8 Å². The van der Waals surface area contributed by atoms with Crippen molar-refractivity contribution in [3.05, 3.63) is 36.2 Å². The van der Waals surface area contributed by atoms with E-state index in [1.165, 1.54) is 0 Å². The summed E-state index contributed by atoms with van der Waals surface area (Å²) in [6.07, 6.45) is 1.86. The predicted molar refractivity (Wildman–Crippen MR) is 84.4 cm³/mol. The highest BCUT2D eigenvalue weighted by Gasteiger charge is 2.27. The quantitative estimate of drug-likeness (QED) is 0.790. The fraction of sp³-hybridized carbons (Fsp3) is 0.471. The molecule has 2 aromatic rings. The number of nitrogens with zero attached hydrogens (tertiary/aromatic N) is 3. The fourth-order valence-electron chi connectivity index (χ4n) is 2.86. The van der Waals surface area contributed by atoms with Gasteiger partial charge in [0.25, 0.3) is 0 Å². The third-order valence-corrected chi connectivity index (χ3v) is 3.97. The molecule has 0 aliphatic carbocycles. The van der Waals surface area contributed by atoms with E-state index in [2.05, 4.69) is 15.1 Å². The van der Waals surface area contributed by atoms with Gasteiger partial charge in [-0.2, -0.15) is 0 Å². The topological polar surface area (TPSA) is 68.5 Å². The lowest BCUT2D eigenvalue weighted by Crippen LogP contribution is -2.39. The average molecular weight is 315 g/mol. The Kier molecular flexibility index (Phi) is 5.02. The van der Waals surface area contributed by atoms with Crippen LogP contribution in [0.25, 0.3) is 11.5 Å². The number of aromatic nitrogens is 2. The summed E-state index contributed by atoms with van der Waals surface area (Å²) < 4.78 is 10.9. The van der Waals surface area contributed by atoms with Crippen molar-refractivity contribution in [3.8, 4) is 11.5 Å². The summed E-state index contributed by atoms with van der Waals surface area (Å²) in [7, 11) is 0. The molecule has 0 bridgehead atoms. The van der Waals surface area contributed by atoms with Crippen molar-refractivity contribution >= 4 is 5.97 Å². The molecule has 1 aromatic carbocycles. The summed E-state index contributed by atoms with van der Waals surface area (Å²) >= 11 is 0. The molecule has 0 amide bonds. The second-order valence-electron chi connectivity index (χ2n) is 5.69. The molecule has 2 heterocycles. The van der Waals surface area contributed by atoms with Crippen LogP contribution in [0, 0.1) is 5.92 Å². The van der Waals surface area contributed by atoms with E-state index >= 15 is 0 Å². The number of benzene rings is 1. The zero-order chi connectivity index (χ0) is 16.1. The SMILES string of the molecule is CCOC(=O)[C@H]1CCCN(Cc2nnc(-c3ccccc3)o2)C1. The Hall–Kier alpha value is -2.21. The number of carbonyl (C=O) groups is 1. The minimum Gasteiger partial charge on any atom is -0.466 e. The first-order valence-electron chi connectivity index (χ1n) is 8.03. The van der Waals surface area contributed by atoms with E-state index in [9.17, 15) is 4.79 Å². The number of hydrogen-bond donors (Lipinski definition) is 0. The van der Waals surface area contributed by atoms with E-state index in [-0.39, 0.29) is 11.9 Å². The molecule has 6 heteroatoms. The number of carbonyl (C=O) groups excluding carboxylic acids is 1. The van der Waals surface area contributed by atoms with E-state index in [4.69, 9.17) is 9.15 Å². The number of ether oxygens (including phenoxy) is 1. The highest BCUT2D eigenvalue weighted by atomic mass is 16.5. The Balaban J connectivity index is 1.61. The van der Waals surface area contributed by atoms with Crippen LogP contribution in [-0.2, 0) is 16.1 Å². The molecule has 1 atom stereocenters. The second-order valence-corrected chi connectivity index (χ2v) is 5.69. The fourth-order valence-corrected chi connectivity index (χ4v) is 2.86. The van der Waals surface area contributed by atoms with Crippen LogP contribution < -0.4 is 0 Å². The lowest BCUT2D eigenvalue weighted by atomic mass is 9.98. The van der Waals surface area contributed by atoms with E-state index < -0.39 is 0 Å². The molecule has 23 heavy (non-hydrogen) atoms. The molecule has 122 valence electrons. The molecule has 1 saturated heterocycles. The first kappa shape index (κ1) is 15.7. The maximum atomic E-state index is 11.9. The van der Waals surface area contributed by atoms with Crippen LogP contribution in [0.5, 0.6) is 0 Å². The number of piperidine rings is 1. The first-order chi connectivity index (χ1) is 11.3. The predicted octanol–water partition coefficient (Wildman–Crippen LogP) is 2.51. The molecular formula is C17H21N3O3. The van der Waals surface area contributed by atoms with Crippen LogP contribution in [-0.4, -0.2) is 40.8 Å². The van der Waals surface area contributed by atoms with Crippen LogP contribution in [0.15, 0.2) is 34.7 Å². The second kappa shape index (κ2) is 7.37. The molecule has 3 rings (SSSR count). The minimum absolute atomic E-state index is 0.0554. The molecule has 1 aliphatic rings. The van der Waals surface area contributed by atoms with Crippen molar-refractivity contribution < 1.29 is 13.9 Å². The van der Waals surface area contributed by atoms with E-state index in [0.717, 1.165) is 24.9 Å². The van der Waals surface area contributed by atoms with Crippen molar-refractivity contribution in [1.82, 2.24) is 15.1 Å². The van der Waals surface area contributed by atoms with Gasteiger partial charge in [-0.15, -0.1) is 10.2 Å². The van der Waals surface area contributed by atoms with Gasteiger partial charge in [0.15, 0.2) is 0 Å². The molecule has 0 saturated carbocycles. The Bertz CT molecular complexity index is 642.